The summed E-state index contributed by atoms with van der Waals surface area (Å²) in [5.74, 6) is 0. The quantitative estimate of drug-likeness (QED) is 0.688. The number of nitrogens with zero attached hydrogens (tertiary/aromatic N) is 2. The molecule has 0 bridgehead atoms. The van der Waals surface area contributed by atoms with Crippen LogP contribution < -0.4 is 11.1 Å². The maximum absolute atomic E-state index is 12.3. The van der Waals surface area contributed by atoms with Gasteiger partial charge in [0.05, 0.1) is 16.8 Å². The molecule has 4 nitrogen and oxygen atoms in total. The lowest BCUT2D eigenvalue weighted by atomic mass is 10.1. The summed E-state index contributed by atoms with van der Waals surface area (Å²) in [4.78, 5) is 24.6. The lowest BCUT2D eigenvalue weighted by molar-refractivity contribution is 0.278. The SMILES string of the molecule is CC1CCCn2c(=O)c3ccccc3c(=O)n21. The zero-order valence-corrected chi connectivity index (χ0v) is 9.72. The molecular weight excluding hydrogens is 216 g/mol. The molecule has 1 aliphatic rings. The first-order chi connectivity index (χ1) is 8.20. The highest BCUT2D eigenvalue weighted by Gasteiger charge is 2.20. The second-order valence-corrected chi connectivity index (χ2v) is 4.61. The van der Waals surface area contributed by atoms with Crippen molar-refractivity contribution >= 4 is 10.8 Å². The van der Waals surface area contributed by atoms with E-state index in [0.29, 0.717) is 17.3 Å². The van der Waals surface area contributed by atoms with Crippen molar-refractivity contribution in [2.24, 2.45) is 0 Å². The fraction of sp³-hybridized carbons (Fsp3) is 0.385. The number of hydrogen-bond acceptors (Lipinski definition) is 2. The van der Waals surface area contributed by atoms with Crippen molar-refractivity contribution in [3.63, 3.8) is 0 Å². The van der Waals surface area contributed by atoms with E-state index in [0.717, 1.165) is 12.8 Å². The Morgan fingerprint density at radius 1 is 1.12 bits per heavy atom. The van der Waals surface area contributed by atoms with Gasteiger partial charge in [0.2, 0.25) is 0 Å². The largest absolute Gasteiger partial charge is 0.273 e. The maximum Gasteiger partial charge on any atom is 0.273 e. The Labute approximate surface area is 98.1 Å². The maximum atomic E-state index is 12.3. The summed E-state index contributed by atoms with van der Waals surface area (Å²) in [6.45, 7) is 2.63. The molecule has 1 atom stereocenters. The van der Waals surface area contributed by atoms with Crippen molar-refractivity contribution in [1.29, 1.82) is 0 Å². The second-order valence-electron chi connectivity index (χ2n) is 4.61. The minimum absolute atomic E-state index is 0.0487. The van der Waals surface area contributed by atoms with Crippen LogP contribution in [0.4, 0.5) is 0 Å². The van der Waals surface area contributed by atoms with Gasteiger partial charge in [-0.2, -0.15) is 0 Å². The molecule has 0 fully saturated rings. The average molecular weight is 230 g/mol. The number of aromatic nitrogens is 2. The molecule has 1 aromatic carbocycles. The Kier molecular flexibility index (Phi) is 2.18. The van der Waals surface area contributed by atoms with E-state index in [1.807, 2.05) is 6.92 Å². The van der Waals surface area contributed by atoms with Gasteiger partial charge in [0.25, 0.3) is 11.1 Å². The first kappa shape index (κ1) is 10.3. The van der Waals surface area contributed by atoms with E-state index in [4.69, 9.17) is 0 Å². The van der Waals surface area contributed by atoms with E-state index in [1.165, 1.54) is 0 Å². The third-order valence-corrected chi connectivity index (χ3v) is 3.50. The number of fused-ring (bicyclic) bond motifs is 2. The topological polar surface area (TPSA) is 44.0 Å². The van der Waals surface area contributed by atoms with Crippen LogP contribution in [-0.2, 0) is 6.54 Å². The molecule has 1 unspecified atom stereocenters. The van der Waals surface area contributed by atoms with Crippen molar-refractivity contribution in [2.45, 2.75) is 32.4 Å². The van der Waals surface area contributed by atoms with Crippen LogP contribution >= 0.6 is 0 Å². The van der Waals surface area contributed by atoms with Gasteiger partial charge in [0.15, 0.2) is 0 Å². The van der Waals surface area contributed by atoms with Crippen LogP contribution in [0.15, 0.2) is 33.9 Å². The van der Waals surface area contributed by atoms with Gasteiger partial charge in [-0.3, -0.25) is 9.59 Å². The predicted molar refractivity (Wildman–Crippen MR) is 66.4 cm³/mol. The lowest BCUT2D eigenvalue weighted by Gasteiger charge is -2.26. The second kappa shape index (κ2) is 3.58. The molecule has 0 spiro atoms. The van der Waals surface area contributed by atoms with Crippen LogP contribution in [0, 0.1) is 0 Å². The summed E-state index contributed by atoms with van der Waals surface area (Å²) in [5.41, 5.74) is -0.0980. The number of hydrogen-bond donors (Lipinski definition) is 0. The number of benzene rings is 1. The van der Waals surface area contributed by atoms with Crippen molar-refractivity contribution in [3.05, 3.63) is 45.0 Å². The van der Waals surface area contributed by atoms with Gasteiger partial charge in [-0.05, 0) is 31.9 Å². The zero-order chi connectivity index (χ0) is 12.0. The van der Waals surface area contributed by atoms with Gasteiger partial charge < -0.3 is 0 Å². The van der Waals surface area contributed by atoms with Crippen molar-refractivity contribution in [2.75, 3.05) is 0 Å². The van der Waals surface area contributed by atoms with Gasteiger partial charge in [-0.25, -0.2) is 9.36 Å². The van der Waals surface area contributed by atoms with E-state index < -0.39 is 0 Å². The highest BCUT2D eigenvalue weighted by molar-refractivity contribution is 5.80. The van der Waals surface area contributed by atoms with Crippen molar-refractivity contribution < 1.29 is 0 Å². The molecule has 4 heteroatoms. The normalized spacial score (nSPS) is 19.2. The number of rotatable bonds is 0. The summed E-state index contributed by atoms with van der Waals surface area (Å²) < 4.78 is 3.22. The molecule has 2 aromatic rings. The smallest absolute Gasteiger partial charge is 0.267 e. The van der Waals surface area contributed by atoms with Crippen molar-refractivity contribution in [1.82, 2.24) is 9.36 Å². The van der Waals surface area contributed by atoms with Gasteiger partial charge >= 0.3 is 0 Å². The monoisotopic (exact) mass is 230 g/mol. The standard InChI is InChI=1S/C13H14N2O2/c1-9-5-4-8-14-12(16)10-6-2-3-7-11(10)13(17)15(9)14/h2-3,6-7,9H,4-5,8H2,1H3. The van der Waals surface area contributed by atoms with E-state index in [9.17, 15) is 9.59 Å². The van der Waals surface area contributed by atoms with Crippen LogP contribution in [0.3, 0.4) is 0 Å². The van der Waals surface area contributed by atoms with Crippen LogP contribution in [0.1, 0.15) is 25.8 Å². The fourth-order valence-corrected chi connectivity index (χ4v) is 2.63. The van der Waals surface area contributed by atoms with Crippen LogP contribution in [0.2, 0.25) is 0 Å². The average Bonchev–Trinajstić information content (AvgIpc) is 2.36. The van der Waals surface area contributed by atoms with E-state index in [1.54, 1.807) is 33.6 Å². The molecule has 0 aliphatic carbocycles. The highest BCUT2D eigenvalue weighted by Crippen LogP contribution is 2.17. The molecule has 1 aliphatic heterocycles. The minimum Gasteiger partial charge on any atom is -0.267 e. The van der Waals surface area contributed by atoms with Crippen LogP contribution in [0.25, 0.3) is 10.8 Å². The Morgan fingerprint density at radius 2 is 1.76 bits per heavy atom. The Morgan fingerprint density at radius 3 is 2.47 bits per heavy atom. The molecule has 0 radical (unpaired) electrons. The Bertz CT molecular complexity index is 697. The molecule has 17 heavy (non-hydrogen) atoms. The molecule has 1 aromatic heterocycles. The first-order valence-electron chi connectivity index (χ1n) is 5.94. The summed E-state index contributed by atoms with van der Waals surface area (Å²) in [7, 11) is 0. The zero-order valence-electron chi connectivity index (χ0n) is 9.72. The molecule has 3 rings (SSSR count). The summed E-state index contributed by atoms with van der Waals surface area (Å²) in [6, 6.07) is 7.16. The minimum atomic E-state index is -0.0493. The van der Waals surface area contributed by atoms with Gasteiger partial charge in [-0.1, -0.05) is 12.1 Å². The van der Waals surface area contributed by atoms with E-state index in [2.05, 4.69) is 0 Å². The third-order valence-electron chi connectivity index (χ3n) is 3.50. The first-order valence-corrected chi connectivity index (χ1v) is 5.94. The summed E-state index contributed by atoms with van der Waals surface area (Å²) in [6.07, 6.45) is 1.91. The molecule has 0 amide bonds. The van der Waals surface area contributed by atoms with Crippen LogP contribution in [0.5, 0.6) is 0 Å². The highest BCUT2D eigenvalue weighted by atomic mass is 16.2. The fourth-order valence-electron chi connectivity index (χ4n) is 2.63. The molecule has 2 heterocycles. The summed E-state index contributed by atoms with van der Waals surface area (Å²) >= 11 is 0. The molecule has 0 N–H and O–H groups in total. The Balaban J connectivity index is 2.54. The lowest BCUT2D eigenvalue weighted by Crippen LogP contribution is -2.42. The van der Waals surface area contributed by atoms with E-state index >= 15 is 0 Å². The molecule has 0 saturated carbocycles. The molecule has 88 valence electrons. The van der Waals surface area contributed by atoms with Crippen LogP contribution in [-0.4, -0.2) is 9.36 Å². The Hall–Kier alpha value is -1.84. The third kappa shape index (κ3) is 1.37. The van der Waals surface area contributed by atoms with E-state index in [-0.39, 0.29) is 17.2 Å². The molecule has 0 saturated heterocycles. The van der Waals surface area contributed by atoms with Gasteiger partial charge in [0, 0.05) is 6.54 Å². The van der Waals surface area contributed by atoms with Crippen molar-refractivity contribution in [3.8, 4) is 0 Å². The summed E-state index contributed by atoms with van der Waals surface area (Å²) in [5, 5.41) is 1.06. The predicted octanol–water partition coefficient (Wildman–Crippen LogP) is 1.52. The van der Waals surface area contributed by atoms with Gasteiger partial charge in [-0.15, -0.1) is 0 Å². The molecular formula is C13H14N2O2. The van der Waals surface area contributed by atoms with Gasteiger partial charge in [0.1, 0.15) is 0 Å².